The Hall–Kier alpha value is -0.520. The summed E-state index contributed by atoms with van der Waals surface area (Å²) < 4.78 is 0. The van der Waals surface area contributed by atoms with Crippen LogP contribution in [-0.4, -0.2) is 22.3 Å². The third kappa shape index (κ3) is 2.12. The van der Waals surface area contributed by atoms with Crippen LogP contribution in [0.4, 0.5) is 11.4 Å². The molecule has 0 aliphatic carbocycles. The lowest BCUT2D eigenvalue weighted by Gasteiger charge is -2.18. The van der Waals surface area contributed by atoms with Crippen molar-refractivity contribution in [2.24, 2.45) is 0 Å². The Morgan fingerprint density at radius 2 is 2.25 bits per heavy atom. The van der Waals surface area contributed by atoms with Crippen molar-refractivity contribution in [1.82, 2.24) is 4.98 Å². The molecule has 2 N–H and O–H groups in total. The average molecular weight is 325 g/mol. The first kappa shape index (κ1) is 12.0. The maximum atomic E-state index is 11.7. The van der Waals surface area contributed by atoms with Gasteiger partial charge in [0.25, 0.3) is 0 Å². The molecule has 1 aromatic heterocycles. The molecule has 1 amide bonds. The van der Waals surface area contributed by atoms with Gasteiger partial charge < -0.3 is 10.6 Å². The zero-order valence-electron chi connectivity index (χ0n) is 8.08. The van der Waals surface area contributed by atoms with Crippen LogP contribution in [0.25, 0.3) is 0 Å². The second kappa shape index (κ2) is 4.39. The van der Waals surface area contributed by atoms with E-state index in [-0.39, 0.29) is 26.7 Å². The van der Waals surface area contributed by atoms with E-state index in [2.05, 4.69) is 20.9 Å². The molecule has 0 saturated carbocycles. The number of hydrogen-bond donors (Lipinski definition) is 1. The first-order valence-electron chi connectivity index (χ1n) is 4.55. The van der Waals surface area contributed by atoms with E-state index in [4.69, 9.17) is 28.9 Å². The van der Waals surface area contributed by atoms with Crippen LogP contribution in [0, 0.1) is 0 Å². The molecule has 0 aromatic carbocycles. The van der Waals surface area contributed by atoms with Crippen LogP contribution < -0.4 is 10.6 Å². The predicted octanol–water partition coefficient (Wildman–Crippen LogP) is 2.47. The van der Waals surface area contributed by atoms with E-state index in [0.29, 0.717) is 18.7 Å². The SMILES string of the molecule is Nc1c(N2CC(Br)CC2=O)cc(Cl)nc1Cl. The summed E-state index contributed by atoms with van der Waals surface area (Å²) in [6, 6.07) is 1.55. The summed E-state index contributed by atoms with van der Waals surface area (Å²) in [5.74, 6) is -0.00749. The molecule has 2 rings (SSSR count). The number of pyridine rings is 1. The molecular weight excluding hydrogens is 317 g/mol. The highest BCUT2D eigenvalue weighted by atomic mass is 79.9. The topological polar surface area (TPSA) is 59.2 Å². The van der Waals surface area contributed by atoms with Crippen LogP contribution >= 0.6 is 39.1 Å². The van der Waals surface area contributed by atoms with E-state index in [0.717, 1.165) is 0 Å². The number of nitrogen functional groups attached to an aromatic ring is 1. The number of hydrogen-bond acceptors (Lipinski definition) is 3. The van der Waals surface area contributed by atoms with Crippen LogP contribution in [0.1, 0.15) is 6.42 Å². The molecule has 0 radical (unpaired) electrons. The smallest absolute Gasteiger partial charge is 0.228 e. The number of nitrogens with two attached hydrogens (primary N) is 1. The molecule has 2 heterocycles. The van der Waals surface area contributed by atoms with Crippen molar-refractivity contribution in [3.8, 4) is 0 Å². The van der Waals surface area contributed by atoms with Gasteiger partial charge >= 0.3 is 0 Å². The Bertz CT molecular complexity index is 455. The molecular formula is C9H8BrCl2N3O. The summed E-state index contributed by atoms with van der Waals surface area (Å²) in [7, 11) is 0. The first-order valence-corrected chi connectivity index (χ1v) is 6.22. The van der Waals surface area contributed by atoms with Crippen LogP contribution in [0.5, 0.6) is 0 Å². The summed E-state index contributed by atoms with van der Waals surface area (Å²) in [5, 5.41) is 0.341. The van der Waals surface area contributed by atoms with Gasteiger partial charge in [0.05, 0.1) is 11.4 Å². The van der Waals surface area contributed by atoms with Gasteiger partial charge in [-0.05, 0) is 0 Å². The van der Waals surface area contributed by atoms with Gasteiger partial charge in [0.1, 0.15) is 5.15 Å². The number of carbonyl (C=O) groups is 1. The number of rotatable bonds is 1. The summed E-state index contributed by atoms with van der Waals surface area (Å²) >= 11 is 15.0. The van der Waals surface area contributed by atoms with Crippen molar-refractivity contribution < 1.29 is 4.79 Å². The predicted molar refractivity (Wildman–Crippen MR) is 68.4 cm³/mol. The van der Waals surface area contributed by atoms with E-state index in [1.807, 2.05) is 0 Å². The van der Waals surface area contributed by atoms with Crippen LogP contribution in [0.3, 0.4) is 0 Å². The zero-order chi connectivity index (χ0) is 11.9. The number of halogens is 3. The lowest BCUT2D eigenvalue weighted by Crippen LogP contribution is -2.25. The quantitative estimate of drug-likeness (QED) is 0.637. The van der Waals surface area contributed by atoms with Crippen molar-refractivity contribution in [2.45, 2.75) is 11.2 Å². The fourth-order valence-corrected chi connectivity index (χ4v) is 2.59. The Kier molecular flexibility index (Phi) is 3.28. The number of nitrogens with zero attached hydrogens (tertiary/aromatic N) is 2. The largest absolute Gasteiger partial charge is 0.395 e. The number of carbonyl (C=O) groups excluding carboxylic acids is 1. The fourth-order valence-electron chi connectivity index (χ4n) is 1.60. The van der Waals surface area contributed by atoms with Crippen molar-refractivity contribution in [3.05, 3.63) is 16.4 Å². The number of alkyl halides is 1. The maximum absolute atomic E-state index is 11.7. The second-order valence-electron chi connectivity index (χ2n) is 3.47. The van der Waals surface area contributed by atoms with Gasteiger partial charge in [-0.3, -0.25) is 4.79 Å². The third-order valence-corrected chi connectivity index (χ3v) is 3.42. The van der Waals surface area contributed by atoms with Gasteiger partial charge in [-0.1, -0.05) is 39.1 Å². The molecule has 1 aromatic rings. The molecule has 7 heteroatoms. The van der Waals surface area contributed by atoms with Crippen LogP contribution in [-0.2, 0) is 4.79 Å². The standard InChI is InChI=1S/C9H8BrCl2N3O/c10-4-1-7(16)15(3-4)5-2-6(11)14-9(12)8(5)13/h2,4H,1,3,13H2. The van der Waals surface area contributed by atoms with E-state index in [1.165, 1.54) is 0 Å². The minimum atomic E-state index is -0.00749. The van der Waals surface area contributed by atoms with Gasteiger partial charge in [0, 0.05) is 23.9 Å². The summed E-state index contributed by atoms with van der Waals surface area (Å²) in [5.41, 5.74) is 6.58. The van der Waals surface area contributed by atoms with E-state index >= 15 is 0 Å². The van der Waals surface area contributed by atoms with Gasteiger partial charge in [0.2, 0.25) is 5.91 Å². The fraction of sp³-hybridized carbons (Fsp3) is 0.333. The van der Waals surface area contributed by atoms with Crippen LogP contribution in [0.15, 0.2) is 6.07 Å². The Labute approximate surface area is 111 Å². The van der Waals surface area contributed by atoms with Gasteiger partial charge in [-0.15, -0.1) is 0 Å². The van der Waals surface area contributed by atoms with E-state index in [9.17, 15) is 4.79 Å². The highest BCUT2D eigenvalue weighted by Gasteiger charge is 2.30. The summed E-state index contributed by atoms with van der Waals surface area (Å²) in [6.07, 6.45) is 0.441. The number of anilines is 2. The minimum absolute atomic E-state index is 0.00749. The lowest BCUT2D eigenvalue weighted by molar-refractivity contribution is -0.117. The summed E-state index contributed by atoms with van der Waals surface area (Å²) in [4.78, 5) is 17.2. The van der Waals surface area contributed by atoms with Crippen LogP contribution in [0.2, 0.25) is 10.3 Å². The summed E-state index contributed by atoms with van der Waals surface area (Å²) in [6.45, 7) is 0.555. The highest BCUT2D eigenvalue weighted by molar-refractivity contribution is 9.09. The third-order valence-electron chi connectivity index (χ3n) is 2.33. The Morgan fingerprint density at radius 3 is 2.81 bits per heavy atom. The van der Waals surface area contributed by atoms with Crippen molar-refractivity contribution in [2.75, 3.05) is 17.2 Å². The lowest BCUT2D eigenvalue weighted by atomic mass is 10.3. The Morgan fingerprint density at radius 1 is 1.56 bits per heavy atom. The van der Waals surface area contributed by atoms with E-state index < -0.39 is 0 Å². The average Bonchev–Trinajstić information content (AvgIpc) is 2.51. The van der Waals surface area contributed by atoms with Crippen molar-refractivity contribution >= 4 is 56.4 Å². The highest BCUT2D eigenvalue weighted by Crippen LogP contribution is 2.34. The molecule has 86 valence electrons. The first-order chi connectivity index (χ1) is 7.49. The minimum Gasteiger partial charge on any atom is -0.395 e. The van der Waals surface area contributed by atoms with Crippen molar-refractivity contribution in [1.29, 1.82) is 0 Å². The normalized spacial score (nSPS) is 20.6. The molecule has 16 heavy (non-hydrogen) atoms. The monoisotopic (exact) mass is 323 g/mol. The molecule has 0 bridgehead atoms. The Balaban J connectivity index is 2.44. The van der Waals surface area contributed by atoms with Gasteiger partial charge in [-0.25, -0.2) is 4.98 Å². The van der Waals surface area contributed by atoms with Gasteiger partial charge in [-0.2, -0.15) is 0 Å². The molecule has 1 aliphatic rings. The van der Waals surface area contributed by atoms with Gasteiger partial charge in [0.15, 0.2) is 5.15 Å². The molecule has 1 fully saturated rings. The number of aromatic nitrogens is 1. The molecule has 4 nitrogen and oxygen atoms in total. The maximum Gasteiger partial charge on any atom is 0.228 e. The molecule has 1 atom stereocenters. The molecule has 0 spiro atoms. The molecule has 1 aliphatic heterocycles. The molecule has 1 unspecified atom stereocenters. The van der Waals surface area contributed by atoms with E-state index in [1.54, 1.807) is 11.0 Å². The van der Waals surface area contributed by atoms with Crippen molar-refractivity contribution in [3.63, 3.8) is 0 Å². The molecule has 1 saturated heterocycles. The zero-order valence-corrected chi connectivity index (χ0v) is 11.2. The second-order valence-corrected chi connectivity index (χ2v) is 5.51. The number of amides is 1.